The van der Waals surface area contributed by atoms with E-state index < -0.39 is 0 Å². The maximum Gasteiger partial charge on any atom is 0.288 e. The van der Waals surface area contributed by atoms with E-state index in [1.54, 1.807) is 25.0 Å². The Kier molecular flexibility index (Phi) is 6.72. The molecule has 0 N–H and O–H groups in total. The van der Waals surface area contributed by atoms with Crippen molar-refractivity contribution < 1.29 is 18.7 Å². The summed E-state index contributed by atoms with van der Waals surface area (Å²) in [4.78, 5) is 15.4. The van der Waals surface area contributed by atoms with Gasteiger partial charge in [0.25, 0.3) is 4.84 Å². The highest BCUT2D eigenvalue weighted by Gasteiger charge is 2.26. The fourth-order valence-electron chi connectivity index (χ4n) is 3.92. The molecule has 1 saturated heterocycles. The molecule has 1 aromatic heterocycles. The molecule has 7 nitrogen and oxygen atoms in total. The summed E-state index contributed by atoms with van der Waals surface area (Å²) in [7, 11) is 3.19. The number of piperidine rings is 1. The van der Waals surface area contributed by atoms with Gasteiger partial charge in [0.2, 0.25) is 5.89 Å². The molecule has 0 aliphatic carbocycles. The third-order valence-electron chi connectivity index (χ3n) is 5.83. The lowest BCUT2D eigenvalue weighted by molar-refractivity contribution is 0.0802. The van der Waals surface area contributed by atoms with Crippen LogP contribution in [-0.4, -0.2) is 47.8 Å². The number of carbonyl (C=O) groups is 1. The van der Waals surface area contributed by atoms with Crippen LogP contribution >= 0.6 is 12.2 Å². The van der Waals surface area contributed by atoms with Gasteiger partial charge in [-0.3, -0.25) is 9.69 Å². The number of rotatable bonds is 7. The summed E-state index contributed by atoms with van der Waals surface area (Å²) < 4.78 is 18.1. The monoisotopic (exact) mass is 453 g/mol. The number of hydrogen-bond acceptors (Lipinski definition) is 7. The Labute approximate surface area is 192 Å². The van der Waals surface area contributed by atoms with Crippen LogP contribution in [0.4, 0.5) is 0 Å². The molecule has 32 heavy (non-hydrogen) atoms. The van der Waals surface area contributed by atoms with Crippen LogP contribution in [0.2, 0.25) is 0 Å². The zero-order chi connectivity index (χ0) is 22.7. The van der Waals surface area contributed by atoms with Crippen molar-refractivity contribution in [3.63, 3.8) is 0 Å². The van der Waals surface area contributed by atoms with Gasteiger partial charge in [-0.2, -0.15) is 0 Å². The Morgan fingerprint density at radius 3 is 2.31 bits per heavy atom. The van der Waals surface area contributed by atoms with Crippen molar-refractivity contribution >= 4 is 18.0 Å². The van der Waals surface area contributed by atoms with Crippen molar-refractivity contribution in [1.82, 2.24) is 14.7 Å². The van der Waals surface area contributed by atoms with Crippen LogP contribution in [-0.2, 0) is 6.67 Å². The smallest absolute Gasteiger partial charge is 0.288 e. The van der Waals surface area contributed by atoms with Gasteiger partial charge in [-0.25, -0.2) is 4.68 Å². The molecular weight excluding hydrogens is 426 g/mol. The quantitative estimate of drug-likeness (QED) is 0.378. The zero-order valence-electron chi connectivity index (χ0n) is 18.5. The Balaban J connectivity index is 1.41. The zero-order valence-corrected chi connectivity index (χ0v) is 19.4. The molecule has 0 unspecified atom stereocenters. The van der Waals surface area contributed by atoms with Crippen LogP contribution in [0.25, 0.3) is 11.5 Å². The Morgan fingerprint density at radius 2 is 1.72 bits per heavy atom. The topological polar surface area (TPSA) is 69.7 Å². The number of ketones is 1. The van der Waals surface area contributed by atoms with Gasteiger partial charge in [-0.1, -0.05) is 29.8 Å². The predicted molar refractivity (Wildman–Crippen MR) is 124 cm³/mol. The second-order valence-corrected chi connectivity index (χ2v) is 8.39. The lowest BCUT2D eigenvalue weighted by Gasteiger charge is -2.30. The normalized spacial score (nSPS) is 15.0. The second kappa shape index (κ2) is 9.67. The number of Topliss-reactive ketones (excluding diaryl/α,β-unsaturated/α-hetero) is 1. The standard InChI is InChI=1S/C24H27N3O4S/c1-16-4-6-17(7-5-16)22(28)18-8-10-26(11-9-18)15-27-24(32)31-23(25-27)19-12-20(29-2)14-21(13-19)30-3/h4-7,12-14,18H,8-11,15H2,1-3H3. The van der Waals surface area contributed by atoms with E-state index in [1.807, 2.05) is 43.3 Å². The number of ether oxygens (including phenoxy) is 2. The van der Waals surface area contributed by atoms with Crippen LogP contribution in [0, 0.1) is 17.7 Å². The molecule has 168 valence electrons. The summed E-state index contributed by atoms with van der Waals surface area (Å²) in [5.74, 6) is 2.00. The van der Waals surface area contributed by atoms with Crippen LogP contribution in [0.1, 0.15) is 28.8 Å². The van der Waals surface area contributed by atoms with Crippen LogP contribution in [0.5, 0.6) is 11.5 Å². The van der Waals surface area contributed by atoms with Crippen molar-refractivity contribution in [1.29, 1.82) is 0 Å². The Morgan fingerprint density at radius 1 is 1.09 bits per heavy atom. The Bertz CT molecular complexity index is 1120. The molecule has 0 atom stereocenters. The highest BCUT2D eigenvalue weighted by molar-refractivity contribution is 7.71. The van der Waals surface area contributed by atoms with Gasteiger partial charge in [0.05, 0.1) is 20.9 Å². The lowest BCUT2D eigenvalue weighted by Crippen LogP contribution is -2.37. The average molecular weight is 454 g/mol. The number of carbonyl (C=O) groups excluding carboxylic acids is 1. The van der Waals surface area contributed by atoms with E-state index in [1.165, 1.54) is 0 Å². The lowest BCUT2D eigenvalue weighted by atomic mass is 9.89. The van der Waals surface area contributed by atoms with Crippen LogP contribution < -0.4 is 9.47 Å². The molecular formula is C24H27N3O4S. The summed E-state index contributed by atoms with van der Waals surface area (Å²) in [5, 5.41) is 4.56. The first-order valence-corrected chi connectivity index (χ1v) is 11.0. The van der Waals surface area contributed by atoms with Gasteiger partial charge >= 0.3 is 0 Å². The summed E-state index contributed by atoms with van der Waals surface area (Å²) in [5.41, 5.74) is 2.69. The first kappa shape index (κ1) is 22.2. The predicted octanol–water partition coefficient (Wildman–Crippen LogP) is 4.75. The van der Waals surface area contributed by atoms with Gasteiger partial charge in [0, 0.05) is 36.2 Å². The molecule has 1 aliphatic rings. The minimum atomic E-state index is 0.0547. The molecule has 0 radical (unpaired) electrons. The molecule has 1 aliphatic heterocycles. The number of aromatic nitrogens is 2. The molecule has 8 heteroatoms. The molecule has 0 bridgehead atoms. The average Bonchev–Trinajstić information content (AvgIpc) is 3.19. The van der Waals surface area contributed by atoms with Crippen molar-refractivity contribution in [3.8, 4) is 23.0 Å². The van der Waals surface area contributed by atoms with Gasteiger partial charge < -0.3 is 13.9 Å². The fourth-order valence-corrected chi connectivity index (χ4v) is 4.10. The third-order valence-corrected chi connectivity index (χ3v) is 6.13. The van der Waals surface area contributed by atoms with Crippen molar-refractivity contribution in [3.05, 3.63) is 58.4 Å². The minimum Gasteiger partial charge on any atom is -0.497 e. The largest absolute Gasteiger partial charge is 0.497 e. The number of aryl methyl sites for hydroxylation is 1. The highest BCUT2D eigenvalue weighted by Crippen LogP contribution is 2.29. The molecule has 3 aromatic rings. The molecule has 2 heterocycles. The molecule has 0 saturated carbocycles. The van der Waals surface area contributed by atoms with Crippen LogP contribution in [0.15, 0.2) is 46.9 Å². The maximum atomic E-state index is 12.8. The first-order chi connectivity index (χ1) is 15.5. The number of benzene rings is 2. The van der Waals surface area contributed by atoms with E-state index in [0.717, 1.165) is 42.6 Å². The number of nitrogens with zero attached hydrogens (tertiary/aromatic N) is 3. The summed E-state index contributed by atoms with van der Waals surface area (Å²) in [6.07, 6.45) is 1.63. The van der Waals surface area contributed by atoms with Crippen molar-refractivity contribution in [2.45, 2.75) is 26.4 Å². The maximum absolute atomic E-state index is 12.8. The number of likely N-dealkylation sites (tertiary alicyclic amines) is 1. The number of hydrogen-bond donors (Lipinski definition) is 0. The van der Waals surface area contributed by atoms with E-state index in [2.05, 4.69) is 10.00 Å². The van der Waals surface area contributed by atoms with Crippen molar-refractivity contribution in [2.75, 3.05) is 27.3 Å². The van der Waals surface area contributed by atoms with E-state index in [9.17, 15) is 4.79 Å². The van der Waals surface area contributed by atoms with Gasteiger partial charge in [-0.15, -0.1) is 5.10 Å². The van der Waals surface area contributed by atoms with Gasteiger partial charge in [0.15, 0.2) is 5.78 Å². The summed E-state index contributed by atoms with van der Waals surface area (Å²) in [6, 6.07) is 13.3. The Hall–Kier alpha value is -2.97. The van der Waals surface area contributed by atoms with E-state index in [4.69, 9.17) is 26.1 Å². The van der Waals surface area contributed by atoms with Crippen molar-refractivity contribution in [2.24, 2.45) is 5.92 Å². The van der Waals surface area contributed by atoms with E-state index in [0.29, 0.717) is 28.9 Å². The minimum absolute atomic E-state index is 0.0547. The molecule has 0 spiro atoms. The molecule has 2 aromatic carbocycles. The molecule has 1 fully saturated rings. The molecule has 4 rings (SSSR count). The summed E-state index contributed by atoms with van der Waals surface area (Å²) >= 11 is 5.39. The number of methoxy groups -OCH3 is 2. The SMILES string of the molecule is COc1cc(OC)cc(-c2nn(CN3CCC(C(=O)c4ccc(C)cc4)CC3)c(=S)o2)c1. The van der Waals surface area contributed by atoms with Gasteiger partial charge in [-0.05, 0) is 44.1 Å². The second-order valence-electron chi connectivity index (χ2n) is 8.04. The summed E-state index contributed by atoms with van der Waals surface area (Å²) in [6.45, 7) is 4.16. The third kappa shape index (κ3) is 4.92. The van der Waals surface area contributed by atoms with Gasteiger partial charge in [0.1, 0.15) is 11.5 Å². The molecule has 0 amide bonds. The van der Waals surface area contributed by atoms with Crippen LogP contribution in [0.3, 0.4) is 0 Å². The first-order valence-electron chi connectivity index (χ1n) is 10.6. The highest BCUT2D eigenvalue weighted by atomic mass is 32.1. The van der Waals surface area contributed by atoms with E-state index in [-0.39, 0.29) is 11.7 Å². The van der Waals surface area contributed by atoms with E-state index >= 15 is 0 Å². The fraction of sp³-hybridized carbons (Fsp3) is 0.375.